The van der Waals surface area contributed by atoms with Crippen molar-refractivity contribution in [3.63, 3.8) is 0 Å². The predicted octanol–water partition coefficient (Wildman–Crippen LogP) is 6.35. The van der Waals surface area contributed by atoms with Crippen molar-refractivity contribution in [1.82, 2.24) is 0 Å². The quantitative estimate of drug-likeness (QED) is 0.547. The number of fused-ring (bicyclic) bond motifs is 5. The molecule has 0 aromatic heterocycles. The molecule has 4 rings (SSSR count). The Morgan fingerprint density at radius 2 is 1.96 bits per heavy atom. The normalized spacial score (nSPS) is 49.1. The lowest BCUT2D eigenvalue weighted by Crippen LogP contribution is -2.50. The fourth-order valence-electron chi connectivity index (χ4n) is 7.67. The molecule has 0 amide bonds. The molecule has 7 atom stereocenters. The second-order valence-corrected chi connectivity index (χ2v) is 9.66. The second kappa shape index (κ2) is 6.39. The van der Waals surface area contributed by atoms with Crippen molar-refractivity contribution in [2.24, 2.45) is 40.4 Å². The van der Waals surface area contributed by atoms with Crippen molar-refractivity contribution in [3.05, 3.63) is 24.3 Å². The molecule has 0 bridgehead atoms. The zero-order valence-corrected chi connectivity index (χ0v) is 16.5. The molecule has 0 radical (unpaired) electrons. The zero-order chi connectivity index (χ0) is 17.7. The van der Waals surface area contributed by atoms with Gasteiger partial charge in [-0.1, -0.05) is 45.1 Å². The highest BCUT2D eigenvalue weighted by atomic mass is 16.1. The van der Waals surface area contributed by atoms with Crippen LogP contribution >= 0.6 is 0 Å². The van der Waals surface area contributed by atoms with Crippen LogP contribution in [0.5, 0.6) is 0 Å². The van der Waals surface area contributed by atoms with Gasteiger partial charge in [-0.3, -0.25) is 4.79 Å². The van der Waals surface area contributed by atoms with Gasteiger partial charge in [-0.15, -0.1) is 0 Å². The average molecular weight is 341 g/mol. The summed E-state index contributed by atoms with van der Waals surface area (Å²) in [5.41, 5.74) is 0.891. The Hall–Kier alpha value is -0.850. The van der Waals surface area contributed by atoms with E-state index in [-0.39, 0.29) is 0 Å². The first kappa shape index (κ1) is 17.6. The Morgan fingerprint density at radius 3 is 2.72 bits per heavy atom. The molecule has 3 saturated carbocycles. The van der Waals surface area contributed by atoms with Gasteiger partial charge < -0.3 is 0 Å². The number of hydrogen-bond acceptors (Lipinski definition) is 1. The maximum atomic E-state index is 11.9. The third-order valence-electron chi connectivity index (χ3n) is 8.96. The SMILES string of the molecule is CC/C=C\C1(C)CCC2C3C=CC4CC(=O)CC[C@@H]4C3CCC21CC. The number of allylic oxidation sites excluding steroid dienone is 4. The highest BCUT2D eigenvalue weighted by Gasteiger charge is 2.61. The Kier molecular flexibility index (Phi) is 4.49. The fraction of sp³-hybridized carbons (Fsp3) is 0.792. The summed E-state index contributed by atoms with van der Waals surface area (Å²) in [5, 5.41) is 0. The summed E-state index contributed by atoms with van der Waals surface area (Å²) in [6.45, 7) is 7.26. The molecule has 0 saturated heterocycles. The van der Waals surface area contributed by atoms with Gasteiger partial charge in [0.2, 0.25) is 0 Å². The maximum Gasteiger partial charge on any atom is 0.133 e. The van der Waals surface area contributed by atoms with Gasteiger partial charge in [-0.25, -0.2) is 0 Å². The van der Waals surface area contributed by atoms with Crippen LogP contribution in [-0.2, 0) is 4.79 Å². The number of carbonyl (C=O) groups is 1. The molecule has 6 unspecified atom stereocenters. The van der Waals surface area contributed by atoms with Gasteiger partial charge >= 0.3 is 0 Å². The number of hydrogen-bond donors (Lipinski definition) is 0. The lowest BCUT2D eigenvalue weighted by molar-refractivity contribution is -0.124. The van der Waals surface area contributed by atoms with E-state index in [1.54, 1.807) is 0 Å². The van der Waals surface area contributed by atoms with E-state index in [0.717, 1.165) is 49.4 Å². The number of carbonyl (C=O) groups excluding carboxylic acids is 1. The minimum absolute atomic E-state index is 0.390. The van der Waals surface area contributed by atoms with Gasteiger partial charge in [0.1, 0.15) is 5.78 Å². The summed E-state index contributed by atoms with van der Waals surface area (Å²) in [4.78, 5) is 11.9. The minimum Gasteiger partial charge on any atom is -0.300 e. The molecular weight excluding hydrogens is 304 g/mol. The number of Topliss-reactive ketones (excluding diaryl/α,β-unsaturated/α-hetero) is 1. The minimum atomic E-state index is 0.390. The summed E-state index contributed by atoms with van der Waals surface area (Å²) >= 11 is 0. The second-order valence-electron chi connectivity index (χ2n) is 9.66. The zero-order valence-electron chi connectivity index (χ0n) is 16.5. The molecule has 138 valence electrons. The summed E-state index contributed by atoms with van der Waals surface area (Å²) in [6, 6.07) is 0. The van der Waals surface area contributed by atoms with Crippen LogP contribution in [0.25, 0.3) is 0 Å². The van der Waals surface area contributed by atoms with E-state index in [2.05, 4.69) is 45.1 Å². The van der Waals surface area contributed by atoms with E-state index < -0.39 is 0 Å². The van der Waals surface area contributed by atoms with Crippen LogP contribution in [0.2, 0.25) is 0 Å². The van der Waals surface area contributed by atoms with Gasteiger partial charge in [0.25, 0.3) is 0 Å². The van der Waals surface area contributed by atoms with Crippen LogP contribution in [0, 0.1) is 40.4 Å². The van der Waals surface area contributed by atoms with Crippen LogP contribution < -0.4 is 0 Å². The highest BCUT2D eigenvalue weighted by molar-refractivity contribution is 5.79. The summed E-state index contributed by atoms with van der Waals surface area (Å²) in [7, 11) is 0. The Balaban J connectivity index is 1.65. The van der Waals surface area contributed by atoms with Gasteiger partial charge in [-0.05, 0) is 85.4 Å². The molecular formula is C24H36O. The topological polar surface area (TPSA) is 17.1 Å². The lowest BCUT2D eigenvalue weighted by atomic mass is 9.48. The molecule has 0 aromatic carbocycles. The first-order chi connectivity index (χ1) is 12.0. The van der Waals surface area contributed by atoms with Gasteiger partial charge in [0.05, 0.1) is 0 Å². The largest absolute Gasteiger partial charge is 0.300 e. The number of ketones is 1. The van der Waals surface area contributed by atoms with E-state index in [4.69, 9.17) is 0 Å². The number of rotatable bonds is 3. The molecule has 3 fully saturated rings. The Morgan fingerprint density at radius 1 is 1.12 bits per heavy atom. The first-order valence-electron chi connectivity index (χ1n) is 10.9. The average Bonchev–Trinajstić information content (AvgIpc) is 2.93. The standard InChI is InChI=1S/C24H36O/c1-4-6-13-23(3)14-12-22-21-9-7-17-16-18(25)8-10-19(17)20(21)11-15-24(22,23)5-2/h6-7,9,13,17,19-22H,4-5,8,10-12,14-16H2,1-3H3/b13-6-/t17?,19-,20?,21?,22?,23?,24?/m0/s1. The summed E-state index contributed by atoms with van der Waals surface area (Å²) in [5.74, 6) is 4.34. The van der Waals surface area contributed by atoms with Gasteiger partial charge in [0.15, 0.2) is 0 Å². The van der Waals surface area contributed by atoms with E-state index in [1.165, 1.54) is 32.1 Å². The molecule has 1 nitrogen and oxygen atoms in total. The molecule has 0 N–H and O–H groups in total. The molecule has 0 aliphatic heterocycles. The van der Waals surface area contributed by atoms with Crippen molar-refractivity contribution in [2.75, 3.05) is 0 Å². The maximum absolute atomic E-state index is 11.9. The molecule has 1 heteroatoms. The molecule has 0 aromatic rings. The third-order valence-corrected chi connectivity index (χ3v) is 8.96. The van der Waals surface area contributed by atoms with E-state index in [0.29, 0.717) is 22.5 Å². The Labute approximate surface area is 154 Å². The molecule has 0 heterocycles. The lowest BCUT2D eigenvalue weighted by Gasteiger charge is -2.56. The van der Waals surface area contributed by atoms with Crippen molar-refractivity contribution in [1.29, 1.82) is 0 Å². The van der Waals surface area contributed by atoms with Crippen molar-refractivity contribution in [3.8, 4) is 0 Å². The highest BCUT2D eigenvalue weighted by Crippen LogP contribution is 2.68. The van der Waals surface area contributed by atoms with Crippen molar-refractivity contribution < 1.29 is 4.79 Å². The van der Waals surface area contributed by atoms with Crippen LogP contribution in [0.15, 0.2) is 24.3 Å². The Bertz CT molecular complexity index is 587. The molecule has 25 heavy (non-hydrogen) atoms. The summed E-state index contributed by atoms with van der Waals surface area (Å²) < 4.78 is 0. The molecule has 4 aliphatic carbocycles. The predicted molar refractivity (Wildman–Crippen MR) is 104 cm³/mol. The van der Waals surface area contributed by atoms with Gasteiger partial charge in [-0.2, -0.15) is 0 Å². The molecule has 0 spiro atoms. The van der Waals surface area contributed by atoms with Crippen LogP contribution in [-0.4, -0.2) is 5.78 Å². The summed E-state index contributed by atoms with van der Waals surface area (Å²) in [6.07, 6.45) is 20.9. The van der Waals surface area contributed by atoms with Crippen molar-refractivity contribution >= 4 is 5.78 Å². The van der Waals surface area contributed by atoms with Gasteiger partial charge in [0, 0.05) is 12.8 Å². The van der Waals surface area contributed by atoms with E-state index in [9.17, 15) is 4.79 Å². The first-order valence-corrected chi connectivity index (χ1v) is 10.9. The van der Waals surface area contributed by atoms with Crippen LogP contribution in [0.1, 0.15) is 78.6 Å². The monoisotopic (exact) mass is 340 g/mol. The fourth-order valence-corrected chi connectivity index (χ4v) is 7.67. The third kappa shape index (κ3) is 2.52. The van der Waals surface area contributed by atoms with Crippen LogP contribution in [0.4, 0.5) is 0 Å². The van der Waals surface area contributed by atoms with E-state index in [1.807, 2.05) is 0 Å². The molecule has 4 aliphatic rings. The van der Waals surface area contributed by atoms with E-state index >= 15 is 0 Å². The smallest absolute Gasteiger partial charge is 0.133 e. The van der Waals surface area contributed by atoms with Crippen molar-refractivity contribution in [2.45, 2.75) is 78.6 Å². The van der Waals surface area contributed by atoms with Crippen LogP contribution in [0.3, 0.4) is 0 Å².